The Morgan fingerprint density at radius 1 is 1.35 bits per heavy atom. The van der Waals surface area contributed by atoms with Crippen molar-refractivity contribution in [2.75, 3.05) is 25.0 Å². The predicted octanol–water partition coefficient (Wildman–Crippen LogP) is 2.74. The largest absolute Gasteiger partial charge is 0.326 e. The third-order valence-electron chi connectivity index (χ3n) is 5.95. The van der Waals surface area contributed by atoms with Gasteiger partial charge in [-0.1, -0.05) is 19.1 Å². The molecular formula is C19H27N3O. The van der Waals surface area contributed by atoms with Gasteiger partial charge in [0.05, 0.1) is 0 Å². The van der Waals surface area contributed by atoms with Crippen molar-refractivity contribution in [2.24, 2.45) is 11.3 Å². The minimum absolute atomic E-state index is 0.230. The lowest BCUT2D eigenvalue weighted by Gasteiger charge is -2.23. The Kier molecular flexibility index (Phi) is 3.90. The standard InChI is InChI=1S/C19H27N3O/c1-2-10-22-12-14-4-3-5-17(15(14)13-22)21-18(23)16-11-19(16)6-8-20-9-7-19/h3-5,16,20H,2,6-13H2,1H3,(H,21,23). The molecule has 2 fully saturated rings. The van der Waals surface area contributed by atoms with E-state index in [1.165, 1.54) is 17.5 Å². The summed E-state index contributed by atoms with van der Waals surface area (Å²) < 4.78 is 0. The number of hydrogen-bond acceptors (Lipinski definition) is 3. The van der Waals surface area contributed by atoms with Crippen LogP contribution in [0.15, 0.2) is 18.2 Å². The summed E-state index contributed by atoms with van der Waals surface area (Å²) in [6, 6.07) is 6.35. The second-order valence-corrected chi connectivity index (χ2v) is 7.51. The smallest absolute Gasteiger partial charge is 0.228 e. The van der Waals surface area contributed by atoms with Crippen molar-refractivity contribution in [1.29, 1.82) is 0 Å². The summed E-state index contributed by atoms with van der Waals surface area (Å²) in [6.45, 7) is 7.47. The van der Waals surface area contributed by atoms with Crippen molar-refractivity contribution in [1.82, 2.24) is 10.2 Å². The number of fused-ring (bicyclic) bond motifs is 1. The van der Waals surface area contributed by atoms with E-state index in [-0.39, 0.29) is 11.8 Å². The molecule has 3 aliphatic rings. The van der Waals surface area contributed by atoms with Crippen LogP contribution in [0.2, 0.25) is 0 Å². The fourth-order valence-corrected chi connectivity index (χ4v) is 4.50. The van der Waals surface area contributed by atoms with Crippen molar-refractivity contribution in [2.45, 2.75) is 45.7 Å². The number of piperidine rings is 1. The molecule has 1 saturated heterocycles. The van der Waals surface area contributed by atoms with Crippen LogP contribution in [0.3, 0.4) is 0 Å². The fraction of sp³-hybridized carbons (Fsp3) is 0.632. The maximum atomic E-state index is 12.7. The second kappa shape index (κ2) is 5.91. The monoisotopic (exact) mass is 313 g/mol. The van der Waals surface area contributed by atoms with Crippen LogP contribution in [0.4, 0.5) is 5.69 Å². The summed E-state index contributed by atoms with van der Waals surface area (Å²) in [4.78, 5) is 15.2. The molecule has 0 aromatic heterocycles. The summed E-state index contributed by atoms with van der Waals surface area (Å²) in [7, 11) is 0. The molecule has 0 bridgehead atoms. The minimum atomic E-state index is 0.230. The Morgan fingerprint density at radius 2 is 2.17 bits per heavy atom. The van der Waals surface area contributed by atoms with E-state index in [0.717, 1.165) is 57.7 Å². The number of hydrogen-bond donors (Lipinski definition) is 2. The van der Waals surface area contributed by atoms with Crippen LogP contribution >= 0.6 is 0 Å². The van der Waals surface area contributed by atoms with Crippen LogP contribution in [-0.4, -0.2) is 30.4 Å². The number of amides is 1. The molecule has 0 radical (unpaired) electrons. The Labute approximate surface area is 138 Å². The molecule has 124 valence electrons. The van der Waals surface area contributed by atoms with E-state index in [9.17, 15) is 4.79 Å². The quantitative estimate of drug-likeness (QED) is 0.898. The molecule has 1 spiro atoms. The highest BCUT2D eigenvalue weighted by molar-refractivity contribution is 5.96. The molecule has 2 heterocycles. The van der Waals surface area contributed by atoms with Crippen molar-refractivity contribution < 1.29 is 4.79 Å². The van der Waals surface area contributed by atoms with Crippen LogP contribution in [0.25, 0.3) is 0 Å². The zero-order valence-corrected chi connectivity index (χ0v) is 14.0. The maximum absolute atomic E-state index is 12.7. The summed E-state index contributed by atoms with van der Waals surface area (Å²) in [5.74, 6) is 0.475. The van der Waals surface area contributed by atoms with Crippen molar-refractivity contribution in [3.63, 3.8) is 0 Å². The number of rotatable bonds is 4. The van der Waals surface area contributed by atoms with Gasteiger partial charge in [-0.15, -0.1) is 0 Å². The van der Waals surface area contributed by atoms with E-state index in [4.69, 9.17) is 0 Å². The van der Waals surface area contributed by atoms with Gasteiger partial charge in [0.1, 0.15) is 0 Å². The van der Waals surface area contributed by atoms with Gasteiger partial charge in [-0.25, -0.2) is 0 Å². The van der Waals surface area contributed by atoms with Crippen molar-refractivity contribution in [3.8, 4) is 0 Å². The lowest BCUT2D eigenvalue weighted by molar-refractivity contribution is -0.118. The van der Waals surface area contributed by atoms with Gasteiger partial charge in [0.25, 0.3) is 0 Å². The molecule has 23 heavy (non-hydrogen) atoms. The lowest BCUT2D eigenvalue weighted by Crippen LogP contribution is -2.31. The molecular weight excluding hydrogens is 286 g/mol. The molecule has 2 aliphatic heterocycles. The molecule has 1 saturated carbocycles. The van der Waals surface area contributed by atoms with Gasteiger partial charge in [0, 0.05) is 24.7 Å². The average molecular weight is 313 g/mol. The van der Waals surface area contributed by atoms with Crippen LogP contribution in [-0.2, 0) is 17.9 Å². The number of carbonyl (C=O) groups is 1. The van der Waals surface area contributed by atoms with Gasteiger partial charge in [-0.3, -0.25) is 9.69 Å². The van der Waals surface area contributed by atoms with Gasteiger partial charge >= 0.3 is 0 Å². The van der Waals surface area contributed by atoms with Crippen molar-refractivity contribution in [3.05, 3.63) is 29.3 Å². The lowest BCUT2D eigenvalue weighted by atomic mass is 9.91. The van der Waals surface area contributed by atoms with E-state index in [1.54, 1.807) is 0 Å². The second-order valence-electron chi connectivity index (χ2n) is 7.51. The number of nitrogens with zero attached hydrogens (tertiary/aromatic N) is 1. The third kappa shape index (κ3) is 2.79. The van der Waals surface area contributed by atoms with Crippen molar-refractivity contribution >= 4 is 11.6 Å². The molecule has 1 unspecified atom stereocenters. The number of carbonyl (C=O) groups excluding carboxylic acids is 1. The summed E-state index contributed by atoms with van der Waals surface area (Å²) in [5.41, 5.74) is 4.06. The first-order chi connectivity index (χ1) is 11.2. The SMILES string of the molecule is CCCN1Cc2cccc(NC(=O)C3CC34CCNCC4)c2C1. The highest BCUT2D eigenvalue weighted by atomic mass is 16.2. The number of benzene rings is 1. The molecule has 1 aromatic carbocycles. The van der Waals surface area contributed by atoms with E-state index >= 15 is 0 Å². The number of nitrogens with one attached hydrogen (secondary N) is 2. The topological polar surface area (TPSA) is 44.4 Å². The molecule has 1 aliphatic carbocycles. The summed E-state index contributed by atoms with van der Waals surface area (Å²) >= 11 is 0. The summed E-state index contributed by atoms with van der Waals surface area (Å²) in [6.07, 6.45) is 4.57. The highest BCUT2D eigenvalue weighted by Crippen LogP contribution is 2.58. The van der Waals surface area contributed by atoms with Gasteiger partial charge < -0.3 is 10.6 Å². The molecule has 4 rings (SSSR count). The minimum Gasteiger partial charge on any atom is -0.326 e. The van der Waals surface area contributed by atoms with E-state index < -0.39 is 0 Å². The zero-order chi connectivity index (χ0) is 15.9. The molecule has 1 aromatic rings. The Hall–Kier alpha value is -1.39. The average Bonchev–Trinajstić information content (AvgIpc) is 3.07. The Balaban J connectivity index is 1.44. The zero-order valence-electron chi connectivity index (χ0n) is 14.0. The highest BCUT2D eigenvalue weighted by Gasteiger charge is 2.57. The first kappa shape index (κ1) is 15.2. The first-order valence-electron chi connectivity index (χ1n) is 9.06. The van der Waals surface area contributed by atoms with Crippen LogP contribution in [0.5, 0.6) is 0 Å². The normalized spacial score (nSPS) is 25.3. The Bertz CT molecular complexity index is 607. The van der Waals surface area contributed by atoms with E-state index in [1.807, 2.05) is 0 Å². The predicted molar refractivity (Wildman–Crippen MR) is 92.1 cm³/mol. The van der Waals surface area contributed by atoms with Gasteiger partial charge in [-0.05, 0) is 67.9 Å². The van der Waals surface area contributed by atoms with Crippen LogP contribution in [0.1, 0.15) is 43.7 Å². The fourth-order valence-electron chi connectivity index (χ4n) is 4.50. The summed E-state index contributed by atoms with van der Waals surface area (Å²) in [5, 5.41) is 6.66. The molecule has 4 nitrogen and oxygen atoms in total. The van der Waals surface area contributed by atoms with Gasteiger partial charge in [-0.2, -0.15) is 0 Å². The van der Waals surface area contributed by atoms with Crippen LogP contribution in [0, 0.1) is 11.3 Å². The third-order valence-corrected chi connectivity index (χ3v) is 5.95. The molecule has 2 N–H and O–H groups in total. The van der Waals surface area contributed by atoms with E-state index in [0.29, 0.717) is 5.41 Å². The van der Waals surface area contributed by atoms with Gasteiger partial charge in [0.2, 0.25) is 5.91 Å². The van der Waals surface area contributed by atoms with E-state index in [2.05, 4.69) is 40.7 Å². The Morgan fingerprint density at radius 3 is 2.96 bits per heavy atom. The molecule has 1 amide bonds. The molecule has 4 heteroatoms. The first-order valence-corrected chi connectivity index (χ1v) is 9.06. The molecule has 1 atom stereocenters. The number of anilines is 1. The van der Waals surface area contributed by atoms with Crippen LogP contribution < -0.4 is 10.6 Å². The van der Waals surface area contributed by atoms with Gasteiger partial charge in [0.15, 0.2) is 0 Å². The maximum Gasteiger partial charge on any atom is 0.228 e.